The molecule has 0 bridgehead atoms. The standard InChI is InChI=1S/C11H15N3O/c1-12-10(8-15-2)9-7-13-14-6-4-3-5-11(9)14/h3-7,10,12H,8H2,1-2H3. The van der Waals surface area contributed by atoms with E-state index in [1.165, 1.54) is 5.56 Å². The van der Waals surface area contributed by atoms with Gasteiger partial charge in [0.15, 0.2) is 0 Å². The van der Waals surface area contributed by atoms with E-state index in [1.54, 1.807) is 7.11 Å². The van der Waals surface area contributed by atoms with Crippen LogP contribution in [0.15, 0.2) is 30.6 Å². The third kappa shape index (κ3) is 1.86. The van der Waals surface area contributed by atoms with Crippen LogP contribution in [0.2, 0.25) is 0 Å². The molecule has 0 saturated carbocycles. The van der Waals surface area contributed by atoms with Gasteiger partial charge in [0.05, 0.1) is 24.4 Å². The smallest absolute Gasteiger partial charge is 0.0710 e. The molecule has 0 fully saturated rings. The summed E-state index contributed by atoms with van der Waals surface area (Å²) in [5.74, 6) is 0. The number of fused-ring (bicyclic) bond motifs is 1. The van der Waals surface area contributed by atoms with E-state index in [0.717, 1.165) is 5.52 Å². The Balaban J connectivity index is 2.41. The molecule has 0 amide bonds. The van der Waals surface area contributed by atoms with E-state index >= 15 is 0 Å². The number of likely N-dealkylation sites (N-methyl/N-ethyl adjacent to an activating group) is 1. The fourth-order valence-corrected chi connectivity index (χ4v) is 1.72. The number of ether oxygens (including phenoxy) is 1. The molecule has 1 unspecified atom stereocenters. The molecular formula is C11H15N3O. The van der Waals surface area contributed by atoms with Crippen LogP contribution in [0.5, 0.6) is 0 Å². The Kier molecular flexibility index (Phi) is 2.99. The maximum absolute atomic E-state index is 5.17. The van der Waals surface area contributed by atoms with Gasteiger partial charge in [0.2, 0.25) is 0 Å². The SMILES string of the molecule is CNC(COC)c1cnn2ccccc12. The van der Waals surface area contributed by atoms with Gasteiger partial charge in [-0.1, -0.05) is 6.07 Å². The van der Waals surface area contributed by atoms with Gasteiger partial charge < -0.3 is 10.1 Å². The van der Waals surface area contributed by atoms with Crippen molar-refractivity contribution in [2.45, 2.75) is 6.04 Å². The summed E-state index contributed by atoms with van der Waals surface area (Å²) in [6, 6.07) is 6.23. The van der Waals surface area contributed by atoms with Crippen molar-refractivity contribution in [3.05, 3.63) is 36.2 Å². The Labute approximate surface area is 88.9 Å². The van der Waals surface area contributed by atoms with E-state index in [2.05, 4.69) is 16.5 Å². The Morgan fingerprint density at radius 2 is 2.40 bits per heavy atom. The van der Waals surface area contributed by atoms with E-state index in [-0.39, 0.29) is 6.04 Å². The molecular weight excluding hydrogens is 190 g/mol. The minimum atomic E-state index is 0.190. The lowest BCUT2D eigenvalue weighted by Gasteiger charge is -2.13. The quantitative estimate of drug-likeness (QED) is 0.816. The fourth-order valence-electron chi connectivity index (χ4n) is 1.72. The second kappa shape index (κ2) is 4.42. The number of aromatic nitrogens is 2. The van der Waals surface area contributed by atoms with Gasteiger partial charge in [-0.15, -0.1) is 0 Å². The highest BCUT2D eigenvalue weighted by molar-refractivity contribution is 5.54. The maximum atomic E-state index is 5.17. The van der Waals surface area contributed by atoms with E-state index in [9.17, 15) is 0 Å². The lowest BCUT2D eigenvalue weighted by Crippen LogP contribution is -2.20. The van der Waals surface area contributed by atoms with Crippen molar-refractivity contribution in [1.29, 1.82) is 0 Å². The van der Waals surface area contributed by atoms with Gasteiger partial charge in [0.25, 0.3) is 0 Å². The topological polar surface area (TPSA) is 38.6 Å². The molecule has 80 valence electrons. The van der Waals surface area contributed by atoms with E-state index < -0.39 is 0 Å². The fraction of sp³-hybridized carbons (Fsp3) is 0.364. The van der Waals surface area contributed by atoms with Crippen LogP contribution in [0, 0.1) is 0 Å². The number of hydrogen-bond donors (Lipinski definition) is 1. The van der Waals surface area contributed by atoms with Crippen LogP contribution >= 0.6 is 0 Å². The molecule has 4 heteroatoms. The Bertz CT molecular complexity index is 438. The zero-order valence-corrected chi connectivity index (χ0v) is 8.97. The number of methoxy groups -OCH3 is 1. The first kappa shape index (κ1) is 10.1. The molecule has 15 heavy (non-hydrogen) atoms. The summed E-state index contributed by atoms with van der Waals surface area (Å²) in [5, 5.41) is 7.51. The minimum absolute atomic E-state index is 0.190. The third-order valence-electron chi connectivity index (χ3n) is 2.51. The molecule has 0 aliphatic heterocycles. The highest BCUT2D eigenvalue weighted by Gasteiger charge is 2.13. The highest BCUT2D eigenvalue weighted by Crippen LogP contribution is 2.18. The molecule has 2 rings (SSSR count). The van der Waals surface area contributed by atoms with E-state index in [1.807, 2.05) is 36.1 Å². The second-order valence-electron chi connectivity index (χ2n) is 3.43. The maximum Gasteiger partial charge on any atom is 0.0710 e. The van der Waals surface area contributed by atoms with Gasteiger partial charge in [-0.05, 0) is 19.2 Å². The van der Waals surface area contributed by atoms with Gasteiger partial charge in [0.1, 0.15) is 0 Å². The first-order valence-electron chi connectivity index (χ1n) is 4.95. The molecule has 4 nitrogen and oxygen atoms in total. The molecule has 2 aromatic rings. The molecule has 2 aromatic heterocycles. The van der Waals surface area contributed by atoms with Crippen molar-refractivity contribution >= 4 is 5.52 Å². The minimum Gasteiger partial charge on any atom is -0.383 e. The lowest BCUT2D eigenvalue weighted by molar-refractivity contribution is 0.171. The Hall–Kier alpha value is -1.39. The zero-order valence-electron chi connectivity index (χ0n) is 8.97. The number of pyridine rings is 1. The van der Waals surface area contributed by atoms with Crippen LogP contribution in [0.1, 0.15) is 11.6 Å². The monoisotopic (exact) mass is 205 g/mol. The second-order valence-corrected chi connectivity index (χ2v) is 3.43. The van der Waals surface area contributed by atoms with Crippen molar-refractivity contribution in [3.8, 4) is 0 Å². The van der Waals surface area contributed by atoms with Gasteiger partial charge in [-0.25, -0.2) is 4.52 Å². The Morgan fingerprint density at radius 1 is 1.53 bits per heavy atom. The summed E-state index contributed by atoms with van der Waals surface area (Å²) in [6.45, 7) is 0.646. The van der Waals surface area contributed by atoms with Crippen molar-refractivity contribution < 1.29 is 4.74 Å². The predicted octanol–water partition coefficient (Wildman–Crippen LogP) is 1.24. The predicted molar refractivity (Wildman–Crippen MR) is 58.9 cm³/mol. The average Bonchev–Trinajstić information content (AvgIpc) is 2.70. The van der Waals surface area contributed by atoms with Crippen molar-refractivity contribution in [2.75, 3.05) is 20.8 Å². The number of nitrogens with zero attached hydrogens (tertiary/aromatic N) is 2. The van der Waals surface area contributed by atoms with Gasteiger partial charge in [-0.3, -0.25) is 0 Å². The molecule has 0 radical (unpaired) electrons. The van der Waals surface area contributed by atoms with Crippen LogP contribution in [0.3, 0.4) is 0 Å². The number of hydrogen-bond acceptors (Lipinski definition) is 3. The van der Waals surface area contributed by atoms with Gasteiger partial charge in [0, 0.05) is 18.9 Å². The summed E-state index contributed by atoms with van der Waals surface area (Å²) < 4.78 is 7.04. The molecule has 0 spiro atoms. The van der Waals surface area contributed by atoms with E-state index in [4.69, 9.17) is 4.74 Å². The highest BCUT2D eigenvalue weighted by atomic mass is 16.5. The van der Waals surface area contributed by atoms with Crippen molar-refractivity contribution in [1.82, 2.24) is 14.9 Å². The van der Waals surface area contributed by atoms with Crippen LogP contribution in [0.4, 0.5) is 0 Å². The molecule has 0 aliphatic rings. The van der Waals surface area contributed by atoms with Gasteiger partial charge >= 0.3 is 0 Å². The van der Waals surface area contributed by atoms with Crippen molar-refractivity contribution in [2.24, 2.45) is 0 Å². The average molecular weight is 205 g/mol. The molecule has 1 atom stereocenters. The summed E-state index contributed by atoms with van der Waals surface area (Å²) in [6.07, 6.45) is 3.83. The third-order valence-corrected chi connectivity index (χ3v) is 2.51. The van der Waals surface area contributed by atoms with Crippen LogP contribution in [0.25, 0.3) is 5.52 Å². The first-order valence-corrected chi connectivity index (χ1v) is 4.95. The number of rotatable bonds is 4. The first-order chi connectivity index (χ1) is 7.36. The molecule has 0 aliphatic carbocycles. The lowest BCUT2D eigenvalue weighted by atomic mass is 10.1. The molecule has 0 saturated heterocycles. The summed E-state index contributed by atoms with van der Waals surface area (Å²) in [7, 11) is 3.63. The van der Waals surface area contributed by atoms with Crippen LogP contribution < -0.4 is 5.32 Å². The Morgan fingerprint density at radius 3 is 3.13 bits per heavy atom. The molecule has 1 N–H and O–H groups in total. The van der Waals surface area contributed by atoms with Gasteiger partial charge in [-0.2, -0.15) is 5.10 Å². The summed E-state index contributed by atoms with van der Waals surface area (Å²) >= 11 is 0. The number of nitrogens with one attached hydrogen (secondary N) is 1. The zero-order chi connectivity index (χ0) is 10.7. The van der Waals surface area contributed by atoms with E-state index in [0.29, 0.717) is 6.61 Å². The largest absolute Gasteiger partial charge is 0.383 e. The summed E-state index contributed by atoms with van der Waals surface area (Å²) in [4.78, 5) is 0. The van der Waals surface area contributed by atoms with Crippen molar-refractivity contribution in [3.63, 3.8) is 0 Å². The molecule has 0 aromatic carbocycles. The summed E-state index contributed by atoms with van der Waals surface area (Å²) in [5.41, 5.74) is 2.29. The van der Waals surface area contributed by atoms with Crippen LogP contribution in [-0.2, 0) is 4.74 Å². The van der Waals surface area contributed by atoms with Crippen LogP contribution in [-0.4, -0.2) is 30.4 Å². The molecule has 2 heterocycles. The normalized spacial score (nSPS) is 13.2.